The minimum Gasteiger partial charge on any atom is -0.306 e. The molecule has 1 aliphatic rings. The number of rotatable bonds is 5. The fraction of sp³-hybridized carbons (Fsp3) is 0.750. The molecule has 0 spiro atoms. The minimum atomic E-state index is 0.400. The molecule has 2 atom stereocenters. The third-order valence-corrected chi connectivity index (χ3v) is 4.17. The van der Waals surface area contributed by atoms with Crippen molar-refractivity contribution in [3.05, 3.63) is 16.1 Å². The molecule has 1 heterocycles. The number of hydrogen-bond acceptors (Lipinski definition) is 3. The lowest BCUT2D eigenvalue weighted by atomic mass is 10.1. The van der Waals surface area contributed by atoms with Gasteiger partial charge in [0, 0.05) is 17.5 Å². The van der Waals surface area contributed by atoms with Crippen LogP contribution in [0.5, 0.6) is 0 Å². The molecule has 1 saturated carbocycles. The first kappa shape index (κ1) is 11.1. The number of thiazole rings is 1. The van der Waals surface area contributed by atoms with E-state index in [1.54, 1.807) is 11.3 Å². The quantitative estimate of drug-likeness (QED) is 0.831. The Labute approximate surface area is 96.1 Å². The summed E-state index contributed by atoms with van der Waals surface area (Å²) in [4.78, 5) is 4.62. The van der Waals surface area contributed by atoms with Crippen LogP contribution >= 0.6 is 11.3 Å². The van der Waals surface area contributed by atoms with E-state index in [9.17, 15) is 0 Å². The Balaban J connectivity index is 1.91. The van der Waals surface area contributed by atoms with Gasteiger partial charge in [-0.15, -0.1) is 11.3 Å². The monoisotopic (exact) mass is 224 g/mol. The van der Waals surface area contributed by atoms with Gasteiger partial charge in [0.05, 0.1) is 10.7 Å². The minimum absolute atomic E-state index is 0.400. The van der Waals surface area contributed by atoms with Crippen molar-refractivity contribution >= 4 is 11.3 Å². The maximum absolute atomic E-state index is 4.62. The summed E-state index contributed by atoms with van der Waals surface area (Å²) >= 11 is 1.78. The number of nitrogens with zero attached hydrogens (tertiary/aromatic N) is 1. The van der Waals surface area contributed by atoms with Crippen molar-refractivity contribution in [1.29, 1.82) is 0 Å². The Morgan fingerprint density at radius 3 is 2.80 bits per heavy atom. The molecular formula is C12H20N2S. The molecule has 2 nitrogen and oxygen atoms in total. The van der Waals surface area contributed by atoms with E-state index >= 15 is 0 Å². The lowest BCUT2D eigenvalue weighted by Gasteiger charge is -2.18. The van der Waals surface area contributed by atoms with E-state index < -0.39 is 0 Å². The van der Waals surface area contributed by atoms with Crippen molar-refractivity contribution < 1.29 is 0 Å². The second kappa shape index (κ2) is 4.62. The normalized spacial score (nSPS) is 20.2. The summed E-state index contributed by atoms with van der Waals surface area (Å²) in [5, 5.41) is 7.08. The van der Waals surface area contributed by atoms with Crippen LogP contribution in [0.15, 0.2) is 5.38 Å². The summed E-state index contributed by atoms with van der Waals surface area (Å²) in [6, 6.07) is 1.05. The average Bonchev–Trinajstić information content (AvgIpc) is 2.96. The predicted molar refractivity (Wildman–Crippen MR) is 65.2 cm³/mol. The standard InChI is InChI=1S/C12H20N2S/c1-4-12-14-11(7-15-12)9(3)13-8(2)10-5-6-10/h7-10,13H,4-6H2,1-3H3. The molecule has 3 heteroatoms. The zero-order chi connectivity index (χ0) is 10.8. The van der Waals surface area contributed by atoms with E-state index in [0.717, 1.165) is 12.3 Å². The zero-order valence-corrected chi connectivity index (χ0v) is 10.6. The van der Waals surface area contributed by atoms with Gasteiger partial charge in [-0.3, -0.25) is 0 Å². The SMILES string of the molecule is CCc1nc(C(C)NC(C)C2CC2)cs1. The molecule has 2 rings (SSSR count). The van der Waals surface area contributed by atoms with E-state index in [0.29, 0.717) is 12.1 Å². The van der Waals surface area contributed by atoms with Gasteiger partial charge in [-0.25, -0.2) is 4.98 Å². The molecule has 0 aromatic carbocycles. The van der Waals surface area contributed by atoms with E-state index in [1.165, 1.54) is 23.5 Å². The van der Waals surface area contributed by atoms with Crippen molar-refractivity contribution in [3.63, 3.8) is 0 Å². The summed E-state index contributed by atoms with van der Waals surface area (Å²) in [6.45, 7) is 6.67. The van der Waals surface area contributed by atoms with Crippen molar-refractivity contribution in [2.24, 2.45) is 5.92 Å². The van der Waals surface area contributed by atoms with Crippen molar-refractivity contribution in [1.82, 2.24) is 10.3 Å². The van der Waals surface area contributed by atoms with E-state index in [1.807, 2.05) is 0 Å². The summed E-state index contributed by atoms with van der Waals surface area (Å²) in [7, 11) is 0. The van der Waals surface area contributed by atoms with E-state index in [4.69, 9.17) is 0 Å². The van der Waals surface area contributed by atoms with Gasteiger partial charge in [0.1, 0.15) is 0 Å². The molecule has 1 aromatic rings. The van der Waals surface area contributed by atoms with Crippen LogP contribution in [-0.4, -0.2) is 11.0 Å². The van der Waals surface area contributed by atoms with Crippen LogP contribution in [0.4, 0.5) is 0 Å². The Hall–Kier alpha value is -0.410. The summed E-state index contributed by atoms with van der Waals surface area (Å²) in [5.41, 5.74) is 1.21. The number of aryl methyl sites for hydroxylation is 1. The molecule has 1 fully saturated rings. The zero-order valence-electron chi connectivity index (χ0n) is 9.79. The highest BCUT2D eigenvalue weighted by Gasteiger charge is 2.28. The van der Waals surface area contributed by atoms with Gasteiger partial charge in [0.15, 0.2) is 0 Å². The molecule has 0 amide bonds. The first-order valence-electron chi connectivity index (χ1n) is 5.91. The molecule has 1 aromatic heterocycles. The van der Waals surface area contributed by atoms with E-state index in [-0.39, 0.29) is 0 Å². The van der Waals surface area contributed by atoms with Gasteiger partial charge in [-0.2, -0.15) is 0 Å². The highest BCUT2D eigenvalue weighted by atomic mass is 32.1. The Morgan fingerprint density at radius 2 is 2.27 bits per heavy atom. The van der Waals surface area contributed by atoms with Crippen LogP contribution in [0.25, 0.3) is 0 Å². The van der Waals surface area contributed by atoms with Crippen LogP contribution in [0.2, 0.25) is 0 Å². The summed E-state index contributed by atoms with van der Waals surface area (Å²) in [6.07, 6.45) is 3.85. The Bertz CT molecular complexity index is 317. The fourth-order valence-corrected chi connectivity index (χ4v) is 2.74. The van der Waals surface area contributed by atoms with Crippen LogP contribution < -0.4 is 5.32 Å². The van der Waals surface area contributed by atoms with Gasteiger partial charge in [-0.05, 0) is 39.0 Å². The third kappa shape index (κ3) is 2.79. The Morgan fingerprint density at radius 1 is 1.53 bits per heavy atom. The highest BCUT2D eigenvalue weighted by Crippen LogP contribution is 2.33. The maximum atomic E-state index is 4.62. The molecular weight excluding hydrogens is 204 g/mol. The lowest BCUT2D eigenvalue weighted by Crippen LogP contribution is -2.30. The smallest absolute Gasteiger partial charge is 0.0926 e. The summed E-state index contributed by atoms with van der Waals surface area (Å²) in [5.74, 6) is 0.914. The largest absolute Gasteiger partial charge is 0.306 e. The number of hydrogen-bond donors (Lipinski definition) is 1. The van der Waals surface area contributed by atoms with Crippen molar-refractivity contribution in [2.45, 2.75) is 52.1 Å². The van der Waals surface area contributed by atoms with Crippen LogP contribution in [0.1, 0.15) is 50.4 Å². The van der Waals surface area contributed by atoms with Crippen LogP contribution in [0.3, 0.4) is 0 Å². The van der Waals surface area contributed by atoms with Crippen LogP contribution in [0, 0.1) is 5.92 Å². The topological polar surface area (TPSA) is 24.9 Å². The lowest BCUT2D eigenvalue weighted by molar-refractivity contribution is 0.436. The Kier molecular flexibility index (Phi) is 3.42. The molecule has 0 saturated heterocycles. The molecule has 15 heavy (non-hydrogen) atoms. The molecule has 1 aliphatic carbocycles. The number of nitrogens with one attached hydrogen (secondary N) is 1. The second-order valence-corrected chi connectivity index (χ2v) is 5.48. The molecule has 0 bridgehead atoms. The van der Waals surface area contributed by atoms with Crippen LogP contribution in [-0.2, 0) is 6.42 Å². The first-order chi connectivity index (χ1) is 7.20. The fourth-order valence-electron chi connectivity index (χ4n) is 1.90. The predicted octanol–water partition coefficient (Wildman–Crippen LogP) is 3.15. The van der Waals surface area contributed by atoms with Gasteiger partial charge in [0.2, 0.25) is 0 Å². The van der Waals surface area contributed by atoms with Gasteiger partial charge < -0.3 is 5.32 Å². The molecule has 0 aliphatic heterocycles. The third-order valence-electron chi connectivity index (χ3n) is 3.16. The highest BCUT2D eigenvalue weighted by molar-refractivity contribution is 7.09. The maximum Gasteiger partial charge on any atom is 0.0926 e. The first-order valence-corrected chi connectivity index (χ1v) is 6.79. The summed E-state index contributed by atoms with van der Waals surface area (Å²) < 4.78 is 0. The van der Waals surface area contributed by atoms with Gasteiger partial charge >= 0.3 is 0 Å². The molecule has 2 unspecified atom stereocenters. The molecule has 0 radical (unpaired) electrons. The second-order valence-electron chi connectivity index (χ2n) is 4.53. The average molecular weight is 224 g/mol. The van der Waals surface area contributed by atoms with Gasteiger partial charge in [-0.1, -0.05) is 6.92 Å². The van der Waals surface area contributed by atoms with Crippen molar-refractivity contribution in [2.75, 3.05) is 0 Å². The van der Waals surface area contributed by atoms with E-state index in [2.05, 4.69) is 36.5 Å². The molecule has 1 N–H and O–H groups in total. The van der Waals surface area contributed by atoms with Crippen molar-refractivity contribution in [3.8, 4) is 0 Å². The van der Waals surface area contributed by atoms with Gasteiger partial charge in [0.25, 0.3) is 0 Å². The number of aromatic nitrogens is 1. The molecule has 84 valence electrons.